The molecule has 0 spiro atoms. The smallest absolute Gasteiger partial charge is 0.283 e. The summed E-state index contributed by atoms with van der Waals surface area (Å²) in [6.45, 7) is 13.7. The largest absolute Gasteiger partial charge is 0.475 e. The minimum absolute atomic E-state index is 0.120. The second-order valence-corrected chi connectivity index (χ2v) is 15.3. The van der Waals surface area contributed by atoms with Crippen LogP contribution in [0.5, 0.6) is 5.88 Å². The van der Waals surface area contributed by atoms with Gasteiger partial charge in [-0.05, 0) is 54.5 Å². The van der Waals surface area contributed by atoms with Crippen LogP contribution in [-0.4, -0.2) is 77.9 Å². The Morgan fingerprint density at radius 1 is 0.979 bits per heavy atom. The quantitative estimate of drug-likeness (QED) is 0.312. The molecule has 1 N–H and O–H groups in total. The number of anilines is 2. The van der Waals surface area contributed by atoms with Crippen molar-refractivity contribution < 1.29 is 22.7 Å². The fourth-order valence-corrected chi connectivity index (χ4v) is 7.26. The fraction of sp³-hybridized carbons (Fsp3) is 0.429. The molecule has 2 aliphatic rings. The van der Waals surface area contributed by atoms with Gasteiger partial charge in [-0.15, -0.1) is 0 Å². The van der Waals surface area contributed by atoms with Crippen LogP contribution in [0.1, 0.15) is 54.4 Å². The summed E-state index contributed by atoms with van der Waals surface area (Å²) in [5, 5.41) is 3.94. The van der Waals surface area contributed by atoms with E-state index in [9.17, 15) is 13.2 Å². The van der Waals surface area contributed by atoms with Crippen LogP contribution in [0.25, 0.3) is 11.3 Å². The van der Waals surface area contributed by atoms with Gasteiger partial charge in [0.1, 0.15) is 12.3 Å². The van der Waals surface area contributed by atoms with E-state index in [2.05, 4.69) is 57.6 Å². The molecular formula is C35H43N7O5S. The van der Waals surface area contributed by atoms with Gasteiger partial charge in [-0.3, -0.25) is 9.48 Å². The topological polar surface area (TPSA) is 132 Å². The number of hydrogen-bond acceptors (Lipinski definition) is 9. The molecule has 13 heteroatoms. The van der Waals surface area contributed by atoms with Crippen LogP contribution in [0, 0.1) is 19.3 Å². The lowest BCUT2D eigenvalue weighted by Crippen LogP contribution is -2.45. The van der Waals surface area contributed by atoms with Crippen LogP contribution in [0.15, 0.2) is 59.6 Å². The fourth-order valence-electron chi connectivity index (χ4n) is 6.33. The maximum atomic E-state index is 14.5. The van der Waals surface area contributed by atoms with Gasteiger partial charge in [0.15, 0.2) is 5.03 Å². The van der Waals surface area contributed by atoms with Crippen LogP contribution < -0.4 is 14.4 Å². The Hall–Kier alpha value is -4.49. The van der Waals surface area contributed by atoms with E-state index in [4.69, 9.17) is 9.47 Å². The van der Waals surface area contributed by atoms with E-state index < -0.39 is 16.1 Å². The van der Waals surface area contributed by atoms with Crippen molar-refractivity contribution in [3.63, 3.8) is 0 Å². The van der Waals surface area contributed by atoms with Crippen molar-refractivity contribution in [2.45, 2.75) is 58.7 Å². The van der Waals surface area contributed by atoms with Crippen LogP contribution in [-0.2, 0) is 28.4 Å². The highest BCUT2D eigenvalue weighted by molar-refractivity contribution is 7.92. The summed E-state index contributed by atoms with van der Waals surface area (Å²) in [4.78, 5) is 27.6. The predicted octanol–water partition coefficient (Wildman–Crippen LogP) is 4.97. The molecule has 0 saturated carbocycles. The number of nitrogens with one attached hydrogen (secondary N) is 1. The van der Waals surface area contributed by atoms with Crippen LogP contribution in [0.4, 0.5) is 11.6 Å². The maximum absolute atomic E-state index is 14.5. The summed E-state index contributed by atoms with van der Waals surface area (Å²) in [6.07, 6.45) is 0.605. The van der Waals surface area contributed by atoms with Gasteiger partial charge in [0.25, 0.3) is 15.9 Å². The van der Waals surface area contributed by atoms with Gasteiger partial charge in [-0.25, -0.2) is 9.71 Å². The Kier molecular flexibility index (Phi) is 9.18. The van der Waals surface area contributed by atoms with Crippen molar-refractivity contribution in [3.8, 4) is 17.1 Å². The van der Waals surface area contributed by atoms with Gasteiger partial charge < -0.3 is 19.3 Å². The van der Waals surface area contributed by atoms with E-state index in [1.807, 2.05) is 44.2 Å². The Labute approximate surface area is 282 Å². The Morgan fingerprint density at radius 3 is 2.33 bits per heavy atom. The second-order valence-electron chi connectivity index (χ2n) is 13.7. The highest BCUT2D eigenvalue weighted by atomic mass is 32.2. The minimum Gasteiger partial charge on any atom is -0.475 e. The first kappa shape index (κ1) is 33.4. The van der Waals surface area contributed by atoms with E-state index in [-0.39, 0.29) is 47.0 Å². The average Bonchev–Trinajstić information content (AvgIpc) is 3.44. The molecular weight excluding hydrogens is 630 g/mol. The molecule has 1 saturated heterocycles. The van der Waals surface area contributed by atoms with Crippen molar-refractivity contribution >= 4 is 27.6 Å². The monoisotopic (exact) mass is 673 g/mol. The van der Waals surface area contributed by atoms with E-state index in [1.54, 1.807) is 18.0 Å². The van der Waals surface area contributed by atoms with Gasteiger partial charge >= 0.3 is 0 Å². The van der Waals surface area contributed by atoms with Crippen molar-refractivity contribution in [2.24, 2.45) is 12.5 Å². The maximum Gasteiger partial charge on any atom is 0.283 e. The number of aromatic nitrogens is 4. The summed E-state index contributed by atoms with van der Waals surface area (Å²) in [5.41, 5.74) is 5.32. The number of fused-ring (bicyclic) bond motifs is 4. The van der Waals surface area contributed by atoms with E-state index in [0.29, 0.717) is 25.3 Å². The molecule has 1 fully saturated rings. The highest BCUT2D eigenvalue weighted by Gasteiger charge is 2.34. The van der Waals surface area contributed by atoms with Gasteiger partial charge in [0.05, 0.1) is 24.9 Å². The molecule has 4 heterocycles. The van der Waals surface area contributed by atoms with Crippen molar-refractivity contribution in [1.82, 2.24) is 24.6 Å². The molecule has 6 rings (SSSR count). The third-order valence-corrected chi connectivity index (χ3v) is 9.86. The molecule has 254 valence electrons. The van der Waals surface area contributed by atoms with Crippen molar-refractivity contribution in [3.05, 3.63) is 77.0 Å². The van der Waals surface area contributed by atoms with E-state index >= 15 is 0 Å². The average molecular weight is 674 g/mol. The first-order valence-electron chi connectivity index (χ1n) is 16.2. The summed E-state index contributed by atoms with van der Waals surface area (Å²) in [6, 6.07) is 16.7. The number of carbonyl (C=O) groups excluding carboxylic acids is 1. The molecule has 4 bridgehead atoms. The zero-order chi connectivity index (χ0) is 34.2. The lowest BCUT2D eigenvalue weighted by molar-refractivity contribution is 0.0502. The molecule has 2 aliphatic heterocycles. The first-order valence-corrected chi connectivity index (χ1v) is 17.6. The number of aryl methyl sites for hydroxylation is 3. The third-order valence-electron chi connectivity index (χ3n) is 8.66. The van der Waals surface area contributed by atoms with Crippen LogP contribution >= 0.6 is 0 Å². The molecule has 1 amide bonds. The minimum atomic E-state index is -4.26. The van der Waals surface area contributed by atoms with Gasteiger partial charge in [0, 0.05) is 50.1 Å². The van der Waals surface area contributed by atoms with Crippen LogP contribution in [0.2, 0.25) is 0 Å². The second kappa shape index (κ2) is 13.2. The number of ether oxygens (including phenoxy) is 2. The molecule has 4 aromatic rings. The number of carbonyl (C=O) groups is 1. The Bertz CT molecular complexity index is 1890. The molecule has 1 atom stereocenters. The molecule has 0 radical (unpaired) electrons. The molecule has 48 heavy (non-hydrogen) atoms. The Morgan fingerprint density at radius 2 is 1.67 bits per heavy atom. The summed E-state index contributed by atoms with van der Waals surface area (Å²) in [7, 11) is -2.69. The molecule has 2 aromatic heterocycles. The van der Waals surface area contributed by atoms with Gasteiger partial charge in [-0.2, -0.15) is 18.5 Å². The van der Waals surface area contributed by atoms with Crippen molar-refractivity contribution in [2.75, 3.05) is 42.5 Å². The number of rotatable bonds is 5. The first-order chi connectivity index (χ1) is 22.8. The number of hydrogen-bond donors (Lipinski definition) is 1. The van der Waals surface area contributed by atoms with Crippen molar-refractivity contribution in [1.29, 1.82) is 0 Å². The molecule has 12 nitrogen and oxygen atoms in total. The normalized spacial score (nSPS) is 18.3. The SMILES string of the molecule is Cc1cccc(C)c1-c1cc2nc(n1)NS(=O)(=O)c1cc(n(C)n1)C(=O)N(Cc1ccc(N3CCOCC3)cc1)[C@H](CC(C)(C)C)CO2. The summed E-state index contributed by atoms with van der Waals surface area (Å²) < 4.78 is 42.9. The molecule has 0 aliphatic carbocycles. The lowest BCUT2D eigenvalue weighted by atomic mass is 9.87. The Balaban J connectivity index is 1.44. The number of amides is 1. The summed E-state index contributed by atoms with van der Waals surface area (Å²) >= 11 is 0. The number of sulfonamides is 1. The lowest BCUT2D eigenvalue weighted by Gasteiger charge is -2.36. The third kappa shape index (κ3) is 7.31. The highest BCUT2D eigenvalue weighted by Crippen LogP contribution is 2.32. The van der Waals surface area contributed by atoms with E-state index in [1.165, 1.54) is 10.7 Å². The number of morpholine rings is 1. The van der Waals surface area contributed by atoms with Crippen LogP contribution in [0.3, 0.4) is 0 Å². The summed E-state index contributed by atoms with van der Waals surface area (Å²) in [5.74, 6) is -0.302. The molecule has 2 aromatic carbocycles. The number of benzene rings is 2. The zero-order valence-electron chi connectivity index (χ0n) is 28.4. The van der Waals surface area contributed by atoms with E-state index in [0.717, 1.165) is 41.0 Å². The number of nitrogens with zero attached hydrogens (tertiary/aromatic N) is 6. The molecule has 0 unspecified atom stereocenters. The van der Waals surface area contributed by atoms with Gasteiger partial charge in [0.2, 0.25) is 11.8 Å². The standard InChI is InChI=1S/C35H43N7O5S/c1-23-8-7-9-24(2)32(23)28-18-30-37-34(36-28)39-48(44,45)31-19-29(40(6)38-31)33(43)42(27(22-47-30)20-35(3,4)5)21-25-10-12-26(13-11-25)41-14-16-46-17-15-41/h7-13,18-19,27H,14-17,20-22H2,1-6H3,(H,36,37,39)/t27-/m1/s1. The predicted molar refractivity (Wildman–Crippen MR) is 184 cm³/mol. The zero-order valence-corrected chi connectivity index (χ0v) is 29.2. The van der Waals surface area contributed by atoms with Gasteiger partial charge in [-0.1, -0.05) is 51.1 Å².